The molecule has 3 aromatic rings. The van der Waals surface area contributed by atoms with Crippen molar-refractivity contribution in [3.63, 3.8) is 0 Å². The van der Waals surface area contributed by atoms with Crippen LogP contribution in [0.1, 0.15) is 21.5 Å². The van der Waals surface area contributed by atoms with E-state index in [0.29, 0.717) is 23.1 Å². The van der Waals surface area contributed by atoms with Crippen LogP contribution in [0, 0.1) is 6.92 Å². The van der Waals surface area contributed by atoms with Crippen molar-refractivity contribution in [2.75, 3.05) is 5.32 Å². The number of nitrogens with zero attached hydrogens (tertiary/aromatic N) is 2. The van der Waals surface area contributed by atoms with Gasteiger partial charge in [-0.3, -0.25) is 4.79 Å². The SMILES string of the molecule is Cc1ccc(Nc2ncc(C(=O)NCc3ccccc3Cl)cn2)cc1. The van der Waals surface area contributed by atoms with E-state index in [2.05, 4.69) is 20.6 Å². The Bertz CT molecular complexity index is 863. The van der Waals surface area contributed by atoms with Crippen molar-refractivity contribution < 1.29 is 4.79 Å². The Morgan fingerprint density at radius 3 is 2.40 bits per heavy atom. The molecule has 0 aliphatic heterocycles. The Balaban J connectivity index is 1.60. The van der Waals surface area contributed by atoms with E-state index in [1.165, 1.54) is 18.0 Å². The molecule has 3 rings (SSSR count). The third kappa shape index (κ3) is 4.55. The second-order valence-electron chi connectivity index (χ2n) is 5.56. The maximum Gasteiger partial charge on any atom is 0.254 e. The van der Waals surface area contributed by atoms with Crippen LogP contribution in [0.2, 0.25) is 5.02 Å². The van der Waals surface area contributed by atoms with Gasteiger partial charge in [0, 0.05) is 29.6 Å². The fourth-order valence-corrected chi connectivity index (χ4v) is 2.40. The van der Waals surface area contributed by atoms with Crippen molar-refractivity contribution >= 4 is 29.1 Å². The molecule has 2 aromatic carbocycles. The summed E-state index contributed by atoms with van der Waals surface area (Å²) in [4.78, 5) is 20.5. The first-order valence-electron chi connectivity index (χ1n) is 7.79. The topological polar surface area (TPSA) is 66.9 Å². The number of carbonyl (C=O) groups is 1. The first kappa shape index (κ1) is 16.9. The molecule has 0 fully saturated rings. The number of anilines is 2. The lowest BCUT2D eigenvalue weighted by molar-refractivity contribution is 0.0950. The van der Waals surface area contributed by atoms with Crippen molar-refractivity contribution in [1.82, 2.24) is 15.3 Å². The summed E-state index contributed by atoms with van der Waals surface area (Å²) in [5.41, 5.74) is 3.32. The fraction of sp³-hybridized carbons (Fsp3) is 0.105. The van der Waals surface area contributed by atoms with Crippen molar-refractivity contribution in [3.05, 3.63) is 82.6 Å². The Kier molecular flexibility index (Phi) is 5.26. The van der Waals surface area contributed by atoms with Gasteiger partial charge in [-0.25, -0.2) is 9.97 Å². The molecule has 5 nitrogen and oxygen atoms in total. The van der Waals surface area contributed by atoms with Crippen LogP contribution >= 0.6 is 11.6 Å². The smallest absolute Gasteiger partial charge is 0.254 e. The van der Waals surface area contributed by atoms with Crippen LogP contribution in [0.5, 0.6) is 0 Å². The van der Waals surface area contributed by atoms with Gasteiger partial charge in [0.25, 0.3) is 5.91 Å². The summed E-state index contributed by atoms with van der Waals surface area (Å²) >= 11 is 6.08. The van der Waals surface area contributed by atoms with Crippen molar-refractivity contribution in [3.8, 4) is 0 Å². The lowest BCUT2D eigenvalue weighted by Crippen LogP contribution is -2.23. The first-order chi connectivity index (χ1) is 12.1. The van der Waals surface area contributed by atoms with Crippen molar-refractivity contribution in [2.24, 2.45) is 0 Å². The van der Waals surface area contributed by atoms with Crippen LogP contribution < -0.4 is 10.6 Å². The van der Waals surface area contributed by atoms with E-state index in [0.717, 1.165) is 11.3 Å². The molecule has 0 aliphatic rings. The van der Waals surface area contributed by atoms with Gasteiger partial charge in [0.05, 0.1) is 5.56 Å². The van der Waals surface area contributed by atoms with Gasteiger partial charge in [-0.05, 0) is 30.7 Å². The van der Waals surface area contributed by atoms with Crippen LogP contribution in [-0.4, -0.2) is 15.9 Å². The van der Waals surface area contributed by atoms with Gasteiger partial charge in [-0.15, -0.1) is 0 Å². The Labute approximate surface area is 151 Å². The standard InChI is InChI=1S/C19H17ClN4O/c1-13-6-8-16(9-7-13)24-19-22-11-15(12-23-19)18(25)21-10-14-4-2-3-5-17(14)20/h2-9,11-12H,10H2,1H3,(H,21,25)(H,22,23,24). The maximum atomic E-state index is 12.2. The normalized spacial score (nSPS) is 10.3. The summed E-state index contributed by atoms with van der Waals surface area (Å²) < 4.78 is 0. The third-order valence-corrected chi connectivity index (χ3v) is 3.99. The molecule has 1 aromatic heterocycles. The second-order valence-corrected chi connectivity index (χ2v) is 5.97. The number of rotatable bonds is 5. The van der Waals surface area contributed by atoms with Gasteiger partial charge in [0.15, 0.2) is 0 Å². The molecule has 126 valence electrons. The monoisotopic (exact) mass is 352 g/mol. The summed E-state index contributed by atoms with van der Waals surface area (Å²) in [7, 11) is 0. The highest BCUT2D eigenvalue weighted by Gasteiger charge is 2.08. The molecule has 1 heterocycles. The summed E-state index contributed by atoms with van der Waals surface area (Å²) in [6, 6.07) is 15.3. The number of nitrogens with one attached hydrogen (secondary N) is 2. The van der Waals surface area contributed by atoms with Gasteiger partial charge in [-0.2, -0.15) is 0 Å². The molecule has 0 spiro atoms. The summed E-state index contributed by atoms with van der Waals surface area (Å²) in [6.07, 6.45) is 2.98. The van der Waals surface area contributed by atoms with Gasteiger partial charge < -0.3 is 10.6 Å². The largest absolute Gasteiger partial charge is 0.348 e. The molecule has 0 saturated heterocycles. The minimum absolute atomic E-state index is 0.248. The average Bonchev–Trinajstić information content (AvgIpc) is 2.63. The molecule has 0 saturated carbocycles. The van der Waals surface area contributed by atoms with Gasteiger partial charge in [0.2, 0.25) is 5.95 Å². The van der Waals surface area contributed by atoms with E-state index < -0.39 is 0 Å². The third-order valence-electron chi connectivity index (χ3n) is 3.62. The van der Waals surface area contributed by atoms with Crippen LogP contribution in [-0.2, 0) is 6.54 Å². The number of hydrogen-bond donors (Lipinski definition) is 2. The highest BCUT2D eigenvalue weighted by Crippen LogP contribution is 2.15. The van der Waals surface area contributed by atoms with Gasteiger partial charge in [-0.1, -0.05) is 47.5 Å². The molecule has 0 bridgehead atoms. The molecule has 0 atom stereocenters. The Hall–Kier alpha value is -2.92. The number of hydrogen-bond acceptors (Lipinski definition) is 4. The maximum absolute atomic E-state index is 12.2. The number of amides is 1. The number of halogens is 1. The molecule has 6 heteroatoms. The molecule has 1 amide bonds. The van der Waals surface area contributed by atoms with Crippen molar-refractivity contribution in [1.29, 1.82) is 0 Å². The van der Waals surface area contributed by atoms with E-state index in [1.54, 1.807) is 6.07 Å². The van der Waals surface area contributed by atoms with Crippen LogP contribution in [0.3, 0.4) is 0 Å². The number of benzene rings is 2. The van der Waals surface area contributed by atoms with Gasteiger partial charge in [0.1, 0.15) is 0 Å². The Morgan fingerprint density at radius 2 is 1.72 bits per heavy atom. The van der Waals surface area contributed by atoms with Crippen LogP contribution in [0.25, 0.3) is 0 Å². The Morgan fingerprint density at radius 1 is 1.04 bits per heavy atom. The van der Waals surface area contributed by atoms with Crippen LogP contribution in [0.15, 0.2) is 60.9 Å². The first-order valence-corrected chi connectivity index (χ1v) is 8.17. The molecular formula is C19H17ClN4O. The van der Waals surface area contributed by atoms with Crippen LogP contribution in [0.4, 0.5) is 11.6 Å². The zero-order valence-electron chi connectivity index (χ0n) is 13.7. The minimum Gasteiger partial charge on any atom is -0.348 e. The predicted octanol–water partition coefficient (Wildman–Crippen LogP) is 4.11. The number of carbonyl (C=O) groups excluding carboxylic acids is 1. The summed E-state index contributed by atoms with van der Waals surface area (Å²) in [5.74, 6) is 0.188. The van der Waals surface area contributed by atoms with E-state index in [9.17, 15) is 4.79 Å². The van der Waals surface area contributed by atoms with Crippen molar-refractivity contribution in [2.45, 2.75) is 13.5 Å². The highest BCUT2D eigenvalue weighted by molar-refractivity contribution is 6.31. The molecule has 0 unspecified atom stereocenters. The molecule has 0 radical (unpaired) electrons. The molecule has 0 aliphatic carbocycles. The zero-order valence-corrected chi connectivity index (χ0v) is 14.4. The highest BCUT2D eigenvalue weighted by atomic mass is 35.5. The van der Waals surface area contributed by atoms with E-state index >= 15 is 0 Å². The molecular weight excluding hydrogens is 336 g/mol. The van der Waals surface area contributed by atoms with E-state index in [4.69, 9.17) is 11.6 Å². The molecule has 25 heavy (non-hydrogen) atoms. The lowest BCUT2D eigenvalue weighted by atomic mass is 10.2. The lowest BCUT2D eigenvalue weighted by Gasteiger charge is -2.08. The average molecular weight is 353 g/mol. The minimum atomic E-state index is -0.248. The van der Waals surface area contributed by atoms with Gasteiger partial charge >= 0.3 is 0 Å². The predicted molar refractivity (Wildman–Crippen MR) is 99.1 cm³/mol. The number of aromatic nitrogens is 2. The van der Waals surface area contributed by atoms with E-state index in [-0.39, 0.29) is 5.91 Å². The zero-order chi connectivity index (χ0) is 17.6. The summed E-state index contributed by atoms with van der Waals surface area (Å²) in [5, 5.41) is 6.52. The fourth-order valence-electron chi connectivity index (χ4n) is 2.20. The quantitative estimate of drug-likeness (QED) is 0.725. The van der Waals surface area contributed by atoms with E-state index in [1.807, 2.05) is 49.4 Å². The number of aryl methyl sites for hydroxylation is 1. The summed E-state index contributed by atoms with van der Waals surface area (Å²) in [6.45, 7) is 2.37. The second kappa shape index (κ2) is 7.77. The molecule has 2 N–H and O–H groups in total.